The van der Waals surface area contributed by atoms with Gasteiger partial charge in [-0.2, -0.15) is 0 Å². The van der Waals surface area contributed by atoms with Crippen LogP contribution in [0.5, 0.6) is 0 Å². The summed E-state index contributed by atoms with van der Waals surface area (Å²) >= 11 is 0. The Kier molecular flexibility index (Phi) is 2.88. The van der Waals surface area contributed by atoms with Gasteiger partial charge in [0.05, 0.1) is 13.0 Å². The van der Waals surface area contributed by atoms with Gasteiger partial charge in [0.1, 0.15) is 0 Å². The maximum atomic E-state index is 11.0. The highest BCUT2D eigenvalue weighted by atomic mass is 16.5. The summed E-state index contributed by atoms with van der Waals surface area (Å²) in [5.74, 6) is 0.0835. The van der Waals surface area contributed by atoms with Gasteiger partial charge < -0.3 is 10.1 Å². The molecule has 0 bridgehead atoms. The van der Waals surface area contributed by atoms with Crippen LogP contribution in [-0.4, -0.2) is 26.2 Å². The van der Waals surface area contributed by atoms with Crippen molar-refractivity contribution in [2.24, 2.45) is 5.92 Å². The Bertz CT molecular complexity index is 147. The third-order valence-corrected chi connectivity index (χ3v) is 2.38. The fourth-order valence-corrected chi connectivity index (χ4v) is 1.62. The zero-order valence-corrected chi connectivity index (χ0v) is 7.09. The predicted molar refractivity (Wildman–Crippen MR) is 42.2 cm³/mol. The van der Waals surface area contributed by atoms with Crippen LogP contribution in [0.25, 0.3) is 0 Å². The second-order valence-corrected chi connectivity index (χ2v) is 3.02. The van der Waals surface area contributed by atoms with Crippen molar-refractivity contribution in [2.45, 2.75) is 25.3 Å². The smallest absolute Gasteiger partial charge is 0.308 e. The summed E-state index contributed by atoms with van der Waals surface area (Å²) in [7, 11) is 3.39. The van der Waals surface area contributed by atoms with E-state index in [1.165, 1.54) is 7.11 Å². The Balaban J connectivity index is 2.35. The van der Waals surface area contributed by atoms with Gasteiger partial charge in [-0.3, -0.25) is 4.79 Å². The Morgan fingerprint density at radius 3 is 2.73 bits per heavy atom. The number of methoxy groups -OCH3 is 1. The van der Waals surface area contributed by atoms with E-state index < -0.39 is 0 Å². The highest BCUT2D eigenvalue weighted by Gasteiger charge is 2.29. The number of esters is 1. The molecule has 64 valence electrons. The monoisotopic (exact) mass is 157 g/mol. The molecule has 3 nitrogen and oxygen atoms in total. The lowest BCUT2D eigenvalue weighted by atomic mass is 10.1. The Labute approximate surface area is 67.1 Å². The van der Waals surface area contributed by atoms with Gasteiger partial charge in [0, 0.05) is 6.04 Å². The molecule has 0 amide bonds. The third kappa shape index (κ3) is 1.93. The number of carbonyl (C=O) groups excluding carboxylic acids is 1. The maximum Gasteiger partial charge on any atom is 0.308 e. The molecule has 0 spiro atoms. The maximum absolute atomic E-state index is 11.0. The molecule has 1 aliphatic carbocycles. The van der Waals surface area contributed by atoms with Gasteiger partial charge in [-0.1, -0.05) is 0 Å². The lowest BCUT2D eigenvalue weighted by Gasteiger charge is -2.07. The number of carbonyl (C=O) groups is 1. The van der Waals surface area contributed by atoms with Gasteiger partial charge in [-0.15, -0.1) is 0 Å². The zero-order valence-electron chi connectivity index (χ0n) is 7.09. The molecule has 0 aromatic rings. The van der Waals surface area contributed by atoms with Crippen LogP contribution in [0, 0.1) is 5.92 Å². The van der Waals surface area contributed by atoms with Gasteiger partial charge in [-0.05, 0) is 26.3 Å². The van der Waals surface area contributed by atoms with Crippen LogP contribution in [0.15, 0.2) is 0 Å². The largest absolute Gasteiger partial charge is 0.469 e. The number of rotatable bonds is 2. The van der Waals surface area contributed by atoms with E-state index in [2.05, 4.69) is 10.1 Å². The van der Waals surface area contributed by atoms with Crippen LogP contribution in [0.2, 0.25) is 0 Å². The summed E-state index contributed by atoms with van der Waals surface area (Å²) < 4.78 is 4.66. The molecule has 0 heterocycles. The van der Waals surface area contributed by atoms with Crippen LogP contribution in [0.1, 0.15) is 19.3 Å². The standard InChI is InChI=1S/C8H15NO2/c1-9-7-4-3-6(5-7)8(10)11-2/h6-7,9H,3-5H2,1-2H3/t6-,7+/m0/s1. The summed E-state index contributed by atoms with van der Waals surface area (Å²) in [6.45, 7) is 0. The second-order valence-electron chi connectivity index (χ2n) is 3.02. The molecule has 11 heavy (non-hydrogen) atoms. The average molecular weight is 157 g/mol. The molecule has 2 atom stereocenters. The highest BCUT2D eigenvalue weighted by molar-refractivity contribution is 5.72. The van der Waals surface area contributed by atoms with Crippen LogP contribution < -0.4 is 5.32 Å². The summed E-state index contributed by atoms with van der Waals surface area (Å²) in [4.78, 5) is 11.0. The van der Waals surface area contributed by atoms with E-state index in [1.54, 1.807) is 0 Å². The first-order valence-corrected chi connectivity index (χ1v) is 4.03. The van der Waals surface area contributed by atoms with Gasteiger partial charge in [0.25, 0.3) is 0 Å². The summed E-state index contributed by atoms with van der Waals surface area (Å²) in [6.07, 6.45) is 3.00. The molecule has 0 aromatic carbocycles. The molecule has 1 saturated carbocycles. The molecule has 1 N–H and O–H groups in total. The van der Waals surface area contributed by atoms with Gasteiger partial charge >= 0.3 is 5.97 Å². The highest BCUT2D eigenvalue weighted by Crippen LogP contribution is 2.25. The van der Waals surface area contributed by atoms with Crippen molar-refractivity contribution in [3.63, 3.8) is 0 Å². The van der Waals surface area contributed by atoms with E-state index in [1.807, 2.05) is 7.05 Å². The summed E-state index contributed by atoms with van der Waals surface area (Å²) in [5.41, 5.74) is 0. The van der Waals surface area contributed by atoms with Crippen molar-refractivity contribution in [3.8, 4) is 0 Å². The number of hydrogen-bond acceptors (Lipinski definition) is 3. The van der Waals surface area contributed by atoms with Crippen molar-refractivity contribution in [3.05, 3.63) is 0 Å². The summed E-state index contributed by atoms with van der Waals surface area (Å²) in [5, 5.41) is 3.17. The fourth-order valence-electron chi connectivity index (χ4n) is 1.62. The Morgan fingerprint density at radius 2 is 2.27 bits per heavy atom. The molecule has 1 fully saturated rings. The average Bonchev–Trinajstić information content (AvgIpc) is 2.50. The minimum Gasteiger partial charge on any atom is -0.469 e. The van der Waals surface area contributed by atoms with Crippen LogP contribution in [0.4, 0.5) is 0 Å². The lowest BCUT2D eigenvalue weighted by Crippen LogP contribution is -2.23. The lowest BCUT2D eigenvalue weighted by molar-refractivity contribution is -0.145. The normalized spacial score (nSPS) is 30.4. The number of hydrogen-bond donors (Lipinski definition) is 1. The predicted octanol–water partition coefficient (Wildman–Crippen LogP) is 0.547. The topological polar surface area (TPSA) is 38.3 Å². The van der Waals surface area contributed by atoms with Crippen molar-refractivity contribution >= 4 is 5.97 Å². The van der Waals surface area contributed by atoms with E-state index in [9.17, 15) is 4.79 Å². The van der Waals surface area contributed by atoms with Crippen molar-refractivity contribution in [1.29, 1.82) is 0 Å². The van der Waals surface area contributed by atoms with Gasteiger partial charge in [0.2, 0.25) is 0 Å². The van der Waals surface area contributed by atoms with Crippen LogP contribution in [0.3, 0.4) is 0 Å². The second kappa shape index (κ2) is 3.72. The molecule has 0 aliphatic heterocycles. The first-order valence-electron chi connectivity index (χ1n) is 4.03. The molecule has 0 aromatic heterocycles. The molecule has 3 heteroatoms. The molecule has 0 radical (unpaired) electrons. The van der Waals surface area contributed by atoms with Crippen LogP contribution in [-0.2, 0) is 9.53 Å². The van der Waals surface area contributed by atoms with Crippen molar-refractivity contribution < 1.29 is 9.53 Å². The molecular weight excluding hydrogens is 142 g/mol. The molecule has 0 saturated heterocycles. The van der Waals surface area contributed by atoms with Crippen LogP contribution >= 0.6 is 0 Å². The minimum absolute atomic E-state index is 0.0530. The third-order valence-electron chi connectivity index (χ3n) is 2.38. The minimum atomic E-state index is -0.0530. The Hall–Kier alpha value is -0.570. The van der Waals surface area contributed by atoms with E-state index in [-0.39, 0.29) is 11.9 Å². The van der Waals surface area contributed by atoms with E-state index in [4.69, 9.17) is 0 Å². The first-order chi connectivity index (χ1) is 5.27. The zero-order chi connectivity index (χ0) is 8.27. The summed E-state index contributed by atoms with van der Waals surface area (Å²) in [6, 6.07) is 0.513. The van der Waals surface area contributed by atoms with E-state index in [0.717, 1.165) is 19.3 Å². The molecule has 0 unspecified atom stereocenters. The van der Waals surface area contributed by atoms with Crippen molar-refractivity contribution in [1.82, 2.24) is 5.32 Å². The fraction of sp³-hybridized carbons (Fsp3) is 0.875. The molecule has 1 aliphatic rings. The van der Waals surface area contributed by atoms with E-state index in [0.29, 0.717) is 6.04 Å². The SMILES string of the molecule is CN[C@@H]1CC[C@H](C(=O)OC)C1. The van der Waals surface area contributed by atoms with E-state index >= 15 is 0 Å². The molecular formula is C8H15NO2. The van der Waals surface area contributed by atoms with Gasteiger partial charge in [-0.25, -0.2) is 0 Å². The quantitative estimate of drug-likeness (QED) is 0.595. The number of ether oxygens (including phenoxy) is 1. The number of nitrogens with one attached hydrogen (secondary N) is 1. The van der Waals surface area contributed by atoms with Gasteiger partial charge in [0.15, 0.2) is 0 Å². The molecule has 1 rings (SSSR count). The Morgan fingerprint density at radius 1 is 1.55 bits per heavy atom. The van der Waals surface area contributed by atoms with Crippen molar-refractivity contribution in [2.75, 3.05) is 14.2 Å². The first kappa shape index (κ1) is 8.53.